The number of esters is 1. The Hall–Kier alpha value is -3.81. The molecule has 2 amide bonds. The first-order valence-corrected chi connectivity index (χ1v) is 9.92. The monoisotopic (exact) mass is 424 g/mol. The number of carbonyl (C=O) groups excluding carboxylic acids is 3. The fraction of sp³-hybridized carbons (Fsp3) is 0.261. The highest BCUT2D eigenvalue weighted by Gasteiger charge is 2.29. The zero-order valence-corrected chi connectivity index (χ0v) is 17.4. The van der Waals surface area contributed by atoms with E-state index in [4.69, 9.17) is 19.6 Å². The standard InChI is InChI=1S/C23H24N2O6/c1-3-29-23(28)19-14(2)31-22(20(19)21(24)27)25-18(26)9-6-12-30-17-11-10-15-7-4-5-8-16(15)13-17/h4-5,7-8,10-11,13H,3,6,9,12H2,1-2H3,(H2,24,27)(H,25,26). The van der Waals surface area contributed by atoms with Gasteiger partial charge in [0.25, 0.3) is 5.91 Å². The molecule has 2 aromatic carbocycles. The van der Waals surface area contributed by atoms with E-state index >= 15 is 0 Å². The van der Waals surface area contributed by atoms with Crippen molar-refractivity contribution in [3.63, 3.8) is 0 Å². The minimum absolute atomic E-state index is 0.0794. The van der Waals surface area contributed by atoms with Crippen LogP contribution in [0.1, 0.15) is 46.2 Å². The summed E-state index contributed by atoms with van der Waals surface area (Å²) in [5.74, 6) is -1.32. The lowest BCUT2D eigenvalue weighted by atomic mass is 10.1. The summed E-state index contributed by atoms with van der Waals surface area (Å²) in [5.41, 5.74) is 5.11. The van der Waals surface area contributed by atoms with E-state index in [-0.39, 0.29) is 35.8 Å². The van der Waals surface area contributed by atoms with Crippen LogP contribution >= 0.6 is 0 Å². The van der Waals surface area contributed by atoms with Gasteiger partial charge < -0.3 is 19.6 Å². The normalized spacial score (nSPS) is 10.6. The average Bonchev–Trinajstić information content (AvgIpc) is 3.07. The van der Waals surface area contributed by atoms with E-state index in [0.29, 0.717) is 13.0 Å². The molecule has 0 bridgehead atoms. The number of nitrogens with one attached hydrogen (secondary N) is 1. The maximum atomic E-state index is 12.3. The first kappa shape index (κ1) is 21.9. The molecule has 0 unspecified atom stereocenters. The Kier molecular flexibility index (Phi) is 6.92. The van der Waals surface area contributed by atoms with Gasteiger partial charge in [0.1, 0.15) is 22.6 Å². The van der Waals surface area contributed by atoms with Crippen molar-refractivity contribution in [2.45, 2.75) is 26.7 Å². The number of benzene rings is 2. The maximum Gasteiger partial charge on any atom is 0.342 e. The molecule has 3 rings (SSSR count). The van der Waals surface area contributed by atoms with Gasteiger partial charge in [-0.15, -0.1) is 0 Å². The Balaban J connectivity index is 1.57. The number of anilines is 1. The number of hydrogen-bond donors (Lipinski definition) is 2. The summed E-state index contributed by atoms with van der Waals surface area (Å²) >= 11 is 0. The summed E-state index contributed by atoms with van der Waals surface area (Å²) in [7, 11) is 0. The molecule has 0 atom stereocenters. The average molecular weight is 424 g/mol. The Morgan fingerprint density at radius 1 is 1.06 bits per heavy atom. The van der Waals surface area contributed by atoms with Crippen molar-refractivity contribution in [2.24, 2.45) is 5.73 Å². The van der Waals surface area contributed by atoms with Crippen molar-refractivity contribution in [3.05, 3.63) is 59.4 Å². The molecule has 0 aliphatic carbocycles. The Morgan fingerprint density at radius 3 is 2.52 bits per heavy atom. The van der Waals surface area contributed by atoms with Crippen molar-refractivity contribution in [1.29, 1.82) is 0 Å². The second kappa shape index (κ2) is 9.80. The molecule has 8 heteroatoms. The Morgan fingerprint density at radius 2 is 1.81 bits per heavy atom. The molecule has 8 nitrogen and oxygen atoms in total. The van der Waals surface area contributed by atoms with Gasteiger partial charge in [-0.2, -0.15) is 0 Å². The molecule has 0 aliphatic rings. The van der Waals surface area contributed by atoms with Crippen LogP contribution in [0.25, 0.3) is 10.8 Å². The molecular formula is C23H24N2O6. The third kappa shape index (κ3) is 5.22. The van der Waals surface area contributed by atoms with Crippen LogP contribution in [0.15, 0.2) is 46.9 Å². The van der Waals surface area contributed by atoms with E-state index in [2.05, 4.69) is 5.32 Å². The van der Waals surface area contributed by atoms with Crippen LogP contribution < -0.4 is 15.8 Å². The van der Waals surface area contributed by atoms with Crippen molar-refractivity contribution >= 4 is 34.4 Å². The highest BCUT2D eigenvalue weighted by Crippen LogP contribution is 2.28. The van der Waals surface area contributed by atoms with Crippen LogP contribution in [-0.4, -0.2) is 31.0 Å². The maximum absolute atomic E-state index is 12.3. The van der Waals surface area contributed by atoms with Crippen LogP contribution in [0.4, 0.5) is 5.88 Å². The number of primary amides is 1. The van der Waals surface area contributed by atoms with E-state index in [1.54, 1.807) is 6.92 Å². The second-order valence-electron chi connectivity index (χ2n) is 6.83. The summed E-state index contributed by atoms with van der Waals surface area (Å²) in [6, 6.07) is 13.8. The Labute approximate surface area is 179 Å². The molecule has 31 heavy (non-hydrogen) atoms. The van der Waals surface area contributed by atoms with Gasteiger partial charge in [0.05, 0.1) is 13.2 Å². The second-order valence-corrected chi connectivity index (χ2v) is 6.83. The number of carbonyl (C=O) groups is 3. The van der Waals surface area contributed by atoms with Gasteiger partial charge in [-0.05, 0) is 43.2 Å². The number of hydrogen-bond acceptors (Lipinski definition) is 6. The van der Waals surface area contributed by atoms with Gasteiger partial charge in [-0.3, -0.25) is 14.9 Å². The smallest absolute Gasteiger partial charge is 0.342 e. The molecule has 1 aromatic heterocycles. The molecule has 162 valence electrons. The van der Waals surface area contributed by atoms with Gasteiger partial charge in [-0.1, -0.05) is 30.3 Å². The molecule has 0 saturated carbocycles. The first-order valence-electron chi connectivity index (χ1n) is 9.92. The number of fused-ring (bicyclic) bond motifs is 1. The SMILES string of the molecule is CCOC(=O)c1c(C)oc(NC(=O)CCCOc2ccc3ccccc3c2)c1C(N)=O. The molecule has 0 fully saturated rings. The lowest BCUT2D eigenvalue weighted by Crippen LogP contribution is -2.20. The number of ether oxygens (including phenoxy) is 2. The third-order valence-corrected chi connectivity index (χ3v) is 4.60. The highest BCUT2D eigenvalue weighted by atomic mass is 16.5. The fourth-order valence-corrected chi connectivity index (χ4v) is 3.19. The summed E-state index contributed by atoms with van der Waals surface area (Å²) in [6.07, 6.45) is 0.565. The molecule has 0 radical (unpaired) electrons. The molecule has 0 spiro atoms. The summed E-state index contributed by atoms with van der Waals surface area (Å²) in [4.78, 5) is 36.2. The molecule has 3 N–H and O–H groups in total. The number of rotatable bonds is 9. The van der Waals surface area contributed by atoms with Crippen LogP contribution in [0.3, 0.4) is 0 Å². The zero-order valence-electron chi connectivity index (χ0n) is 17.4. The van der Waals surface area contributed by atoms with Crippen molar-refractivity contribution in [3.8, 4) is 5.75 Å². The number of nitrogens with two attached hydrogens (primary N) is 1. The number of furan rings is 1. The van der Waals surface area contributed by atoms with Crippen molar-refractivity contribution < 1.29 is 28.3 Å². The number of amides is 2. The predicted octanol–water partition coefficient (Wildman–Crippen LogP) is 3.81. The van der Waals surface area contributed by atoms with E-state index in [1.807, 2.05) is 42.5 Å². The van der Waals surface area contributed by atoms with Gasteiger partial charge in [0.15, 0.2) is 0 Å². The van der Waals surface area contributed by atoms with E-state index in [9.17, 15) is 14.4 Å². The molecular weight excluding hydrogens is 400 g/mol. The lowest BCUT2D eigenvalue weighted by molar-refractivity contribution is -0.116. The van der Waals surface area contributed by atoms with Crippen LogP contribution in [0.5, 0.6) is 5.75 Å². The van der Waals surface area contributed by atoms with E-state index in [1.165, 1.54) is 6.92 Å². The minimum atomic E-state index is -0.894. The summed E-state index contributed by atoms with van der Waals surface area (Å²) in [6.45, 7) is 3.59. The zero-order chi connectivity index (χ0) is 22.4. The van der Waals surface area contributed by atoms with Gasteiger partial charge in [-0.25, -0.2) is 4.79 Å². The quantitative estimate of drug-likeness (QED) is 0.398. The molecule has 0 aliphatic heterocycles. The van der Waals surface area contributed by atoms with Crippen LogP contribution in [-0.2, 0) is 9.53 Å². The van der Waals surface area contributed by atoms with Gasteiger partial charge in [0, 0.05) is 6.42 Å². The topological polar surface area (TPSA) is 121 Å². The molecule has 0 saturated heterocycles. The summed E-state index contributed by atoms with van der Waals surface area (Å²) in [5, 5.41) is 4.70. The van der Waals surface area contributed by atoms with Crippen LogP contribution in [0.2, 0.25) is 0 Å². The lowest BCUT2D eigenvalue weighted by Gasteiger charge is -2.08. The summed E-state index contributed by atoms with van der Waals surface area (Å²) < 4.78 is 16.0. The third-order valence-electron chi connectivity index (χ3n) is 4.60. The van der Waals surface area contributed by atoms with E-state index in [0.717, 1.165) is 16.5 Å². The minimum Gasteiger partial charge on any atom is -0.494 e. The van der Waals surface area contributed by atoms with E-state index < -0.39 is 17.8 Å². The van der Waals surface area contributed by atoms with Crippen molar-refractivity contribution in [2.75, 3.05) is 18.5 Å². The van der Waals surface area contributed by atoms with Gasteiger partial charge in [0.2, 0.25) is 11.8 Å². The largest absolute Gasteiger partial charge is 0.494 e. The predicted molar refractivity (Wildman–Crippen MR) is 115 cm³/mol. The number of aryl methyl sites for hydroxylation is 1. The fourth-order valence-electron chi connectivity index (χ4n) is 3.19. The Bertz CT molecular complexity index is 1120. The molecule has 3 aromatic rings. The van der Waals surface area contributed by atoms with Crippen LogP contribution in [0, 0.1) is 6.92 Å². The van der Waals surface area contributed by atoms with Crippen molar-refractivity contribution in [1.82, 2.24) is 0 Å². The molecule has 1 heterocycles. The highest BCUT2D eigenvalue weighted by molar-refractivity contribution is 6.10. The van der Waals surface area contributed by atoms with Gasteiger partial charge >= 0.3 is 5.97 Å². The first-order chi connectivity index (χ1) is 14.9.